The highest BCUT2D eigenvalue weighted by molar-refractivity contribution is 7.19. The minimum atomic E-state index is -0.306. The molecule has 0 aliphatic rings. The smallest absolute Gasteiger partial charge is 0.260 e. The first kappa shape index (κ1) is 14.8. The van der Waals surface area contributed by atoms with Gasteiger partial charge in [-0.25, -0.2) is 9.37 Å². The fraction of sp³-hybridized carbons (Fsp3) is 0.118. The molecule has 0 saturated heterocycles. The van der Waals surface area contributed by atoms with Crippen LogP contribution in [0.5, 0.6) is 0 Å². The molecular weight excluding hydrogens is 329 g/mol. The van der Waals surface area contributed by atoms with Crippen LogP contribution in [0.1, 0.15) is 16.3 Å². The van der Waals surface area contributed by atoms with Crippen molar-refractivity contribution in [2.75, 3.05) is 0 Å². The molecule has 7 heteroatoms. The highest BCUT2D eigenvalue weighted by atomic mass is 32.1. The van der Waals surface area contributed by atoms with Crippen LogP contribution in [0.15, 0.2) is 46.0 Å². The third-order valence-electron chi connectivity index (χ3n) is 3.78. The van der Waals surface area contributed by atoms with Gasteiger partial charge in [0.25, 0.3) is 5.56 Å². The summed E-state index contributed by atoms with van der Waals surface area (Å²) in [6, 6.07) is 6.13. The monoisotopic (exact) mass is 341 g/mol. The summed E-state index contributed by atoms with van der Waals surface area (Å²) in [5.41, 5.74) is 2.25. The zero-order valence-electron chi connectivity index (χ0n) is 12.7. The summed E-state index contributed by atoms with van der Waals surface area (Å²) in [6.07, 6.45) is 3.55. The van der Waals surface area contributed by atoms with Crippen molar-refractivity contribution in [2.45, 2.75) is 13.3 Å². The lowest BCUT2D eigenvalue weighted by molar-refractivity contribution is 0.419. The summed E-state index contributed by atoms with van der Waals surface area (Å²) in [7, 11) is 0. The van der Waals surface area contributed by atoms with Crippen LogP contribution in [0.25, 0.3) is 21.3 Å². The maximum absolute atomic E-state index is 13.2. The highest BCUT2D eigenvalue weighted by Crippen LogP contribution is 2.35. The van der Waals surface area contributed by atoms with Crippen LogP contribution in [0.4, 0.5) is 4.39 Å². The maximum Gasteiger partial charge on any atom is 0.260 e. The van der Waals surface area contributed by atoms with Gasteiger partial charge in [-0.3, -0.25) is 4.79 Å². The molecule has 0 spiro atoms. The number of aromatic amines is 1. The Balaban J connectivity index is 1.86. The van der Waals surface area contributed by atoms with Gasteiger partial charge in [-0.15, -0.1) is 11.3 Å². The average molecular weight is 341 g/mol. The van der Waals surface area contributed by atoms with Crippen LogP contribution in [-0.4, -0.2) is 15.1 Å². The van der Waals surface area contributed by atoms with Crippen molar-refractivity contribution in [2.24, 2.45) is 0 Å². The van der Waals surface area contributed by atoms with Gasteiger partial charge in [0.1, 0.15) is 22.7 Å². The van der Waals surface area contributed by atoms with E-state index in [0.717, 1.165) is 21.6 Å². The van der Waals surface area contributed by atoms with Gasteiger partial charge in [-0.2, -0.15) is 0 Å². The van der Waals surface area contributed by atoms with E-state index in [0.29, 0.717) is 22.5 Å². The van der Waals surface area contributed by atoms with Gasteiger partial charge < -0.3 is 9.51 Å². The first-order valence-electron chi connectivity index (χ1n) is 7.28. The molecule has 4 aromatic rings. The lowest BCUT2D eigenvalue weighted by Crippen LogP contribution is -2.11. The predicted molar refractivity (Wildman–Crippen MR) is 89.7 cm³/mol. The van der Waals surface area contributed by atoms with Gasteiger partial charge in [-0.05, 0) is 24.6 Å². The number of thiophene rings is 1. The first-order valence-corrected chi connectivity index (χ1v) is 8.10. The molecule has 0 unspecified atom stereocenters. The third-order valence-corrected chi connectivity index (χ3v) is 4.77. The Bertz CT molecular complexity index is 1070. The Morgan fingerprint density at radius 2 is 2.08 bits per heavy atom. The number of aromatic nitrogens is 3. The highest BCUT2D eigenvalue weighted by Gasteiger charge is 2.17. The largest absolute Gasteiger partial charge is 0.364 e. The number of halogens is 1. The number of H-pyrrole nitrogens is 1. The van der Waals surface area contributed by atoms with Crippen molar-refractivity contribution in [1.29, 1.82) is 0 Å². The van der Waals surface area contributed by atoms with Crippen molar-refractivity contribution >= 4 is 21.6 Å². The van der Waals surface area contributed by atoms with Gasteiger partial charge in [0.15, 0.2) is 0 Å². The maximum atomic E-state index is 13.2. The number of aryl methyl sites for hydroxylation is 1. The quantitative estimate of drug-likeness (QED) is 0.617. The second kappa shape index (κ2) is 5.68. The minimum absolute atomic E-state index is 0.199. The van der Waals surface area contributed by atoms with Crippen LogP contribution in [-0.2, 0) is 6.42 Å². The van der Waals surface area contributed by atoms with Crippen LogP contribution in [0, 0.1) is 12.7 Å². The molecule has 3 aromatic heterocycles. The summed E-state index contributed by atoms with van der Waals surface area (Å²) in [4.78, 5) is 21.6. The standard InChI is InChI=1S/C17H12FN3O2S/c1-9-14(11-2-4-12(18)5-3-11)15-16(22)20-13(21-17(15)24-9)6-10-7-19-23-8-10/h2-5,7-8H,6H2,1H3,(H,20,21,22). The normalized spacial score (nSPS) is 11.2. The van der Waals surface area contributed by atoms with Gasteiger partial charge in [0.2, 0.25) is 0 Å². The average Bonchev–Trinajstić information content (AvgIpc) is 3.16. The van der Waals surface area contributed by atoms with Crippen LogP contribution in [0.2, 0.25) is 0 Å². The van der Waals surface area contributed by atoms with E-state index in [1.165, 1.54) is 29.7 Å². The van der Waals surface area contributed by atoms with E-state index in [4.69, 9.17) is 4.52 Å². The lowest BCUT2D eigenvalue weighted by atomic mass is 10.0. The molecule has 1 N–H and O–H groups in total. The van der Waals surface area contributed by atoms with E-state index in [2.05, 4.69) is 15.1 Å². The van der Waals surface area contributed by atoms with E-state index in [1.807, 2.05) is 6.92 Å². The van der Waals surface area contributed by atoms with Gasteiger partial charge in [-0.1, -0.05) is 17.3 Å². The zero-order valence-corrected chi connectivity index (χ0v) is 13.5. The number of nitrogens with zero attached hydrogens (tertiary/aromatic N) is 2. The number of fused-ring (bicyclic) bond motifs is 1. The zero-order chi connectivity index (χ0) is 16.7. The molecule has 0 fully saturated rings. The van der Waals surface area contributed by atoms with Gasteiger partial charge in [0.05, 0.1) is 11.6 Å². The molecule has 0 atom stereocenters. The molecule has 0 saturated carbocycles. The lowest BCUT2D eigenvalue weighted by Gasteiger charge is -2.02. The predicted octanol–water partition coefficient (Wildman–Crippen LogP) is 3.68. The van der Waals surface area contributed by atoms with Gasteiger partial charge >= 0.3 is 0 Å². The van der Waals surface area contributed by atoms with Gasteiger partial charge in [0, 0.05) is 22.4 Å². The Hall–Kier alpha value is -2.80. The number of benzene rings is 1. The van der Waals surface area contributed by atoms with Crippen LogP contribution in [0.3, 0.4) is 0 Å². The number of nitrogens with one attached hydrogen (secondary N) is 1. The number of hydrogen-bond acceptors (Lipinski definition) is 5. The summed E-state index contributed by atoms with van der Waals surface area (Å²) >= 11 is 1.45. The summed E-state index contributed by atoms with van der Waals surface area (Å²) < 4.78 is 18.0. The summed E-state index contributed by atoms with van der Waals surface area (Å²) in [6.45, 7) is 1.93. The molecular formula is C17H12FN3O2S. The fourth-order valence-electron chi connectivity index (χ4n) is 2.72. The molecule has 0 aliphatic heterocycles. The van der Waals surface area contributed by atoms with Crippen molar-refractivity contribution in [3.8, 4) is 11.1 Å². The molecule has 3 heterocycles. The van der Waals surface area contributed by atoms with Crippen LogP contribution < -0.4 is 5.56 Å². The second-order valence-electron chi connectivity index (χ2n) is 5.44. The fourth-order valence-corrected chi connectivity index (χ4v) is 3.78. The van der Waals surface area contributed by atoms with E-state index in [1.54, 1.807) is 18.3 Å². The van der Waals surface area contributed by atoms with E-state index < -0.39 is 0 Å². The minimum Gasteiger partial charge on any atom is -0.364 e. The molecule has 0 bridgehead atoms. The number of rotatable bonds is 3. The molecule has 0 amide bonds. The number of hydrogen-bond donors (Lipinski definition) is 1. The van der Waals surface area contributed by atoms with Crippen molar-refractivity contribution in [3.63, 3.8) is 0 Å². The Morgan fingerprint density at radius 1 is 1.29 bits per heavy atom. The molecule has 0 radical (unpaired) electrons. The molecule has 4 rings (SSSR count). The SMILES string of the molecule is Cc1sc2nc(Cc3cnoc3)[nH]c(=O)c2c1-c1ccc(F)cc1. The molecule has 120 valence electrons. The molecule has 0 aliphatic carbocycles. The summed E-state index contributed by atoms with van der Waals surface area (Å²) in [5, 5.41) is 4.19. The van der Waals surface area contributed by atoms with E-state index >= 15 is 0 Å². The summed E-state index contributed by atoms with van der Waals surface area (Å²) in [5.74, 6) is 0.251. The van der Waals surface area contributed by atoms with Crippen LogP contribution >= 0.6 is 11.3 Å². The topological polar surface area (TPSA) is 71.8 Å². The van der Waals surface area contributed by atoms with E-state index in [9.17, 15) is 9.18 Å². The second-order valence-corrected chi connectivity index (χ2v) is 6.65. The molecule has 5 nitrogen and oxygen atoms in total. The Morgan fingerprint density at radius 3 is 2.79 bits per heavy atom. The Labute approximate surface area is 139 Å². The van der Waals surface area contributed by atoms with E-state index in [-0.39, 0.29) is 11.4 Å². The third kappa shape index (κ3) is 2.52. The Kier molecular flexibility index (Phi) is 3.50. The van der Waals surface area contributed by atoms with Crippen molar-refractivity contribution < 1.29 is 8.91 Å². The molecule has 1 aromatic carbocycles. The van der Waals surface area contributed by atoms with Crippen molar-refractivity contribution in [3.05, 3.63) is 69.2 Å². The molecule has 24 heavy (non-hydrogen) atoms. The first-order chi connectivity index (χ1) is 11.6. The van der Waals surface area contributed by atoms with Crippen molar-refractivity contribution in [1.82, 2.24) is 15.1 Å².